The number of hydrogen-bond donors (Lipinski definition) is 1. The molecule has 3 aromatic rings. The second-order valence-corrected chi connectivity index (χ2v) is 8.97. The van der Waals surface area contributed by atoms with Gasteiger partial charge in [-0.1, -0.05) is 19.4 Å². The highest BCUT2D eigenvalue weighted by Gasteiger charge is 2.43. The third-order valence-corrected chi connectivity index (χ3v) is 7.27. The van der Waals surface area contributed by atoms with Gasteiger partial charge in [0.25, 0.3) is 0 Å². The molecule has 0 spiro atoms. The Morgan fingerprint density at radius 2 is 1.70 bits per heavy atom. The largest absolute Gasteiger partial charge is 0.497 e. The van der Waals surface area contributed by atoms with Crippen LogP contribution in [0.15, 0.2) is 30.3 Å². The Kier molecular flexibility index (Phi) is 5.79. The Labute approximate surface area is 194 Å². The van der Waals surface area contributed by atoms with E-state index < -0.39 is 0 Å². The van der Waals surface area contributed by atoms with E-state index in [1.54, 1.807) is 21.3 Å². The molecule has 6 heteroatoms. The number of benzene rings is 3. The number of methoxy groups -OCH3 is 3. The number of unbranched alkanes of at least 4 members (excludes halogenated alkanes) is 1. The number of nitrogens with one attached hydrogen (secondary N) is 1. The van der Waals surface area contributed by atoms with Crippen molar-refractivity contribution in [2.75, 3.05) is 27.9 Å². The molecule has 6 nitrogen and oxygen atoms in total. The second kappa shape index (κ2) is 8.75. The zero-order chi connectivity index (χ0) is 23.1. The predicted octanol–water partition coefficient (Wildman–Crippen LogP) is 4.95. The third-order valence-electron chi connectivity index (χ3n) is 7.27. The molecule has 5 rings (SSSR count). The van der Waals surface area contributed by atoms with Crippen LogP contribution in [0.5, 0.6) is 17.2 Å². The van der Waals surface area contributed by atoms with Crippen molar-refractivity contribution < 1.29 is 19.0 Å². The number of amides is 1. The van der Waals surface area contributed by atoms with Crippen LogP contribution >= 0.6 is 0 Å². The molecule has 1 amide bonds. The van der Waals surface area contributed by atoms with E-state index in [-0.39, 0.29) is 18.0 Å². The summed E-state index contributed by atoms with van der Waals surface area (Å²) in [6, 6.07) is 10.7. The Balaban J connectivity index is 1.84. The van der Waals surface area contributed by atoms with Crippen molar-refractivity contribution in [1.29, 1.82) is 0 Å². The van der Waals surface area contributed by atoms with Crippen molar-refractivity contribution in [3.63, 3.8) is 0 Å². The van der Waals surface area contributed by atoms with Crippen LogP contribution in [0, 0.1) is 0 Å². The summed E-state index contributed by atoms with van der Waals surface area (Å²) in [6.07, 6.45) is 3.75. The fourth-order valence-corrected chi connectivity index (χ4v) is 5.64. The highest BCUT2D eigenvalue weighted by molar-refractivity contribution is 6.12. The van der Waals surface area contributed by atoms with Gasteiger partial charge in [0.2, 0.25) is 5.91 Å². The highest BCUT2D eigenvalue weighted by atomic mass is 16.5. The molecule has 1 saturated heterocycles. The summed E-state index contributed by atoms with van der Waals surface area (Å²) in [5.41, 5.74) is 2.50. The first-order chi connectivity index (χ1) is 16.1. The zero-order valence-corrected chi connectivity index (χ0v) is 19.9. The maximum Gasteiger partial charge on any atom is 0.223 e. The minimum atomic E-state index is 0.0974. The van der Waals surface area contributed by atoms with Crippen LogP contribution in [0.25, 0.3) is 21.5 Å². The molecule has 174 valence electrons. The Morgan fingerprint density at radius 3 is 2.39 bits per heavy atom. The maximum absolute atomic E-state index is 12.8. The fourth-order valence-electron chi connectivity index (χ4n) is 5.64. The van der Waals surface area contributed by atoms with E-state index in [2.05, 4.69) is 35.3 Å². The summed E-state index contributed by atoms with van der Waals surface area (Å²) >= 11 is 0. The van der Waals surface area contributed by atoms with Gasteiger partial charge < -0.3 is 24.4 Å². The van der Waals surface area contributed by atoms with Crippen molar-refractivity contribution in [2.45, 2.75) is 51.2 Å². The average Bonchev–Trinajstić information content (AvgIpc) is 3.22. The number of hydrogen-bond acceptors (Lipinski definition) is 5. The summed E-state index contributed by atoms with van der Waals surface area (Å²) in [6.45, 7) is 3.76. The van der Waals surface area contributed by atoms with Gasteiger partial charge in [-0.25, -0.2) is 0 Å². The Hall–Kier alpha value is -2.99. The van der Waals surface area contributed by atoms with Gasteiger partial charge in [-0.2, -0.15) is 0 Å². The fraction of sp³-hybridized carbons (Fsp3) is 0.444. The van der Waals surface area contributed by atoms with Crippen molar-refractivity contribution >= 4 is 27.5 Å². The van der Waals surface area contributed by atoms with E-state index in [1.165, 1.54) is 16.5 Å². The second-order valence-electron chi connectivity index (χ2n) is 8.97. The maximum atomic E-state index is 12.8. The molecule has 2 heterocycles. The molecule has 0 radical (unpaired) electrons. The van der Waals surface area contributed by atoms with Gasteiger partial charge in [-0.15, -0.1) is 0 Å². The molecule has 0 aromatic heterocycles. The number of nitrogens with zero attached hydrogens (tertiary/aromatic N) is 1. The monoisotopic (exact) mass is 448 g/mol. The van der Waals surface area contributed by atoms with Crippen molar-refractivity contribution in [2.24, 2.45) is 0 Å². The number of rotatable bonds is 7. The molecule has 0 saturated carbocycles. The lowest BCUT2D eigenvalue weighted by Crippen LogP contribution is -2.46. The van der Waals surface area contributed by atoms with Crippen LogP contribution in [-0.2, 0) is 11.3 Å². The van der Waals surface area contributed by atoms with Crippen molar-refractivity contribution in [3.05, 3.63) is 41.5 Å². The zero-order valence-electron chi connectivity index (χ0n) is 19.9. The average molecular weight is 449 g/mol. The van der Waals surface area contributed by atoms with Gasteiger partial charge in [0.15, 0.2) is 11.5 Å². The lowest BCUT2D eigenvalue weighted by molar-refractivity contribution is -0.130. The van der Waals surface area contributed by atoms with Gasteiger partial charge in [0.1, 0.15) is 5.75 Å². The van der Waals surface area contributed by atoms with E-state index in [9.17, 15) is 4.79 Å². The summed E-state index contributed by atoms with van der Waals surface area (Å²) in [7, 11) is 5.02. The lowest BCUT2D eigenvalue weighted by Gasteiger charge is -2.40. The first-order valence-electron chi connectivity index (χ1n) is 11.8. The molecular formula is C27H32N2O4. The minimum absolute atomic E-state index is 0.0974. The van der Waals surface area contributed by atoms with Crippen LogP contribution in [-0.4, -0.2) is 44.7 Å². The van der Waals surface area contributed by atoms with Crippen LogP contribution in [0.3, 0.4) is 0 Å². The molecule has 0 unspecified atom stereocenters. The topological polar surface area (TPSA) is 60.0 Å². The summed E-state index contributed by atoms with van der Waals surface area (Å²) in [4.78, 5) is 14.9. The lowest BCUT2D eigenvalue weighted by atomic mass is 9.82. The first-order valence-corrected chi connectivity index (χ1v) is 11.8. The summed E-state index contributed by atoms with van der Waals surface area (Å²) in [5.74, 6) is 2.45. The smallest absolute Gasteiger partial charge is 0.223 e. The number of carbonyl (C=O) groups excluding carboxylic acids is 1. The molecular weight excluding hydrogens is 416 g/mol. The Bertz CT molecular complexity index is 1220. The van der Waals surface area contributed by atoms with E-state index in [0.717, 1.165) is 47.7 Å². The van der Waals surface area contributed by atoms with Crippen LogP contribution < -0.4 is 19.5 Å². The molecule has 2 atom stereocenters. The van der Waals surface area contributed by atoms with E-state index >= 15 is 0 Å². The molecule has 33 heavy (non-hydrogen) atoms. The van der Waals surface area contributed by atoms with Crippen molar-refractivity contribution in [3.8, 4) is 17.2 Å². The van der Waals surface area contributed by atoms with Crippen molar-refractivity contribution in [1.82, 2.24) is 10.2 Å². The van der Waals surface area contributed by atoms with Gasteiger partial charge >= 0.3 is 0 Å². The SMILES string of the molecule is CCCCN[C@H]1c2c(c3cc(OC)c(OC)cc3c3cc(OC)ccc23)CN2C(=O)CC[C@@H]12. The van der Waals surface area contributed by atoms with Gasteiger partial charge in [0, 0.05) is 13.0 Å². The third kappa shape index (κ3) is 3.48. The molecule has 1 N–H and O–H groups in total. The molecule has 2 aliphatic heterocycles. The molecule has 3 aromatic carbocycles. The summed E-state index contributed by atoms with van der Waals surface area (Å²) < 4.78 is 16.9. The summed E-state index contributed by atoms with van der Waals surface area (Å²) in [5, 5.41) is 8.34. The predicted molar refractivity (Wildman–Crippen MR) is 130 cm³/mol. The molecule has 2 aliphatic rings. The highest BCUT2D eigenvalue weighted by Crippen LogP contribution is 2.47. The van der Waals surface area contributed by atoms with E-state index in [1.807, 2.05) is 12.1 Å². The van der Waals surface area contributed by atoms with Gasteiger partial charge in [0.05, 0.1) is 33.4 Å². The molecule has 1 fully saturated rings. The quantitative estimate of drug-likeness (QED) is 0.409. The van der Waals surface area contributed by atoms with E-state index in [0.29, 0.717) is 24.5 Å². The van der Waals surface area contributed by atoms with Crippen LogP contribution in [0.1, 0.15) is 49.8 Å². The van der Waals surface area contributed by atoms with Gasteiger partial charge in [-0.3, -0.25) is 4.79 Å². The van der Waals surface area contributed by atoms with Crippen LogP contribution in [0.4, 0.5) is 0 Å². The molecule has 0 bridgehead atoms. The van der Waals surface area contributed by atoms with Gasteiger partial charge in [-0.05, 0) is 76.3 Å². The molecule has 0 aliphatic carbocycles. The first kappa shape index (κ1) is 21.8. The number of ether oxygens (including phenoxy) is 3. The van der Waals surface area contributed by atoms with Crippen LogP contribution in [0.2, 0.25) is 0 Å². The standard InChI is InChI=1S/C27H32N2O4/c1-5-6-11-28-27-22-9-10-25(30)29(22)15-21-20-14-24(33-4)23(32-3)13-19(20)18-12-16(31-2)7-8-17(18)26(21)27/h7-8,12-14,22,27-28H,5-6,9-11,15H2,1-4H3/t22-,27+/m0/s1. The minimum Gasteiger partial charge on any atom is -0.497 e. The Morgan fingerprint density at radius 1 is 0.970 bits per heavy atom. The number of carbonyl (C=O) groups is 1. The van der Waals surface area contributed by atoms with E-state index in [4.69, 9.17) is 14.2 Å². The normalized spacial score (nSPS) is 19.6. The number of fused-ring (bicyclic) bond motifs is 7.